The molecule has 0 spiro atoms. The van der Waals surface area contributed by atoms with Gasteiger partial charge in [-0.3, -0.25) is 0 Å². The Morgan fingerprint density at radius 2 is 2.08 bits per heavy atom. The summed E-state index contributed by atoms with van der Waals surface area (Å²) in [5.41, 5.74) is 1.27. The summed E-state index contributed by atoms with van der Waals surface area (Å²) in [5.74, 6) is 0. The van der Waals surface area contributed by atoms with Crippen LogP contribution in [0.2, 0.25) is 0 Å². The summed E-state index contributed by atoms with van der Waals surface area (Å²) < 4.78 is 5.15. The number of rotatable bonds is 1. The number of thiocarbonyl (C=S) groups is 1. The van der Waals surface area contributed by atoms with E-state index in [9.17, 15) is 0 Å². The fraction of sp³-hybridized carbons (Fsp3) is 0.300. The maximum Gasteiger partial charge on any atom is 0.257 e. The molecule has 1 heterocycles. The van der Waals surface area contributed by atoms with Gasteiger partial charge in [0.1, 0.15) is 0 Å². The summed E-state index contributed by atoms with van der Waals surface area (Å²) in [5, 5.41) is 3.66. The maximum absolute atomic E-state index is 5.15. The van der Waals surface area contributed by atoms with Crippen molar-refractivity contribution in [3.63, 3.8) is 0 Å². The molecular formula is C10H11NOS. The second kappa shape index (κ2) is 3.75. The molecule has 0 saturated carbocycles. The topological polar surface area (TPSA) is 21.3 Å². The van der Waals surface area contributed by atoms with E-state index in [0.717, 1.165) is 6.42 Å². The van der Waals surface area contributed by atoms with Crippen molar-refractivity contribution >= 4 is 17.4 Å². The highest BCUT2D eigenvalue weighted by Gasteiger charge is 2.17. The number of ether oxygens (including phenoxy) is 1. The predicted octanol–water partition coefficient (Wildman–Crippen LogP) is 2.02. The van der Waals surface area contributed by atoms with E-state index >= 15 is 0 Å². The van der Waals surface area contributed by atoms with Crippen LogP contribution in [0.4, 0.5) is 0 Å². The van der Waals surface area contributed by atoms with Gasteiger partial charge in [-0.05, 0) is 17.8 Å². The normalized spacial score (nSPS) is 21.8. The van der Waals surface area contributed by atoms with Crippen LogP contribution in [-0.4, -0.2) is 11.8 Å². The second-order valence-corrected chi connectivity index (χ2v) is 3.40. The Morgan fingerprint density at radius 1 is 1.31 bits per heavy atom. The van der Waals surface area contributed by atoms with Crippen LogP contribution in [-0.2, 0) is 4.74 Å². The van der Waals surface area contributed by atoms with E-state index in [1.165, 1.54) is 5.56 Å². The fourth-order valence-corrected chi connectivity index (χ4v) is 1.69. The smallest absolute Gasteiger partial charge is 0.257 e. The van der Waals surface area contributed by atoms with Crippen LogP contribution in [0.3, 0.4) is 0 Å². The molecule has 1 aliphatic heterocycles. The number of hydrogen-bond acceptors (Lipinski definition) is 2. The molecule has 2 rings (SSSR count). The molecule has 0 radical (unpaired) electrons. The van der Waals surface area contributed by atoms with Gasteiger partial charge in [-0.1, -0.05) is 30.3 Å². The van der Waals surface area contributed by atoms with Crippen LogP contribution in [0.5, 0.6) is 0 Å². The Hall–Kier alpha value is -1.09. The summed E-state index contributed by atoms with van der Waals surface area (Å²) in [6.45, 7) is 0.714. The Labute approximate surface area is 82.9 Å². The largest absolute Gasteiger partial charge is 0.471 e. The molecule has 68 valence electrons. The average molecular weight is 193 g/mol. The minimum atomic E-state index is 0.322. The minimum Gasteiger partial charge on any atom is -0.471 e. The minimum absolute atomic E-state index is 0.322. The van der Waals surface area contributed by atoms with Gasteiger partial charge in [0.25, 0.3) is 5.17 Å². The van der Waals surface area contributed by atoms with Gasteiger partial charge in [-0.25, -0.2) is 0 Å². The Morgan fingerprint density at radius 3 is 2.77 bits per heavy atom. The summed E-state index contributed by atoms with van der Waals surface area (Å²) >= 11 is 4.95. The molecule has 1 N–H and O–H groups in total. The third kappa shape index (κ3) is 1.98. The molecule has 1 aromatic carbocycles. The Kier molecular flexibility index (Phi) is 2.45. The van der Waals surface area contributed by atoms with E-state index in [-0.39, 0.29) is 0 Å². The molecule has 13 heavy (non-hydrogen) atoms. The van der Waals surface area contributed by atoms with Crippen molar-refractivity contribution in [2.75, 3.05) is 6.61 Å². The number of benzene rings is 1. The molecular weight excluding hydrogens is 182 g/mol. The molecule has 2 nitrogen and oxygen atoms in total. The lowest BCUT2D eigenvalue weighted by Crippen LogP contribution is -2.34. The van der Waals surface area contributed by atoms with Crippen LogP contribution in [0, 0.1) is 0 Å². The van der Waals surface area contributed by atoms with Gasteiger partial charge in [0, 0.05) is 6.42 Å². The molecule has 1 aliphatic rings. The molecule has 1 aromatic rings. The van der Waals surface area contributed by atoms with Crippen molar-refractivity contribution in [2.45, 2.75) is 12.5 Å². The summed E-state index contributed by atoms with van der Waals surface area (Å²) in [7, 11) is 0. The quantitative estimate of drug-likeness (QED) is 0.689. The van der Waals surface area contributed by atoms with Crippen molar-refractivity contribution in [3.8, 4) is 0 Å². The highest BCUT2D eigenvalue weighted by atomic mass is 32.1. The van der Waals surface area contributed by atoms with Gasteiger partial charge in [-0.2, -0.15) is 0 Å². The molecule has 0 aliphatic carbocycles. The van der Waals surface area contributed by atoms with Crippen LogP contribution >= 0.6 is 12.2 Å². The van der Waals surface area contributed by atoms with E-state index in [4.69, 9.17) is 17.0 Å². The lowest BCUT2D eigenvalue weighted by molar-refractivity contribution is 0.237. The van der Waals surface area contributed by atoms with Crippen molar-refractivity contribution in [2.24, 2.45) is 0 Å². The van der Waals surface area contributed by atoms with E-state index in [1.807, 2.05) is 18.2 Å². The molecule has 1 unspecified atom stereocenters. The van der Waals surface area contributed by atoms with Crippen LogP contribution in [0.15, 0.2) is 30.3 Å². The van der Waals surface area contributed by atoms with Crippen molar-refractivity contribution in [3.05, 3.63) is 35.9 Å². The maximum atomic E-state index is 5.15. The van der Waals surface area contributed by atoms with Crippen LogP contribution in [0.25, 0.3) is 0 Å². The van der Waals surface area contributed by atoms with E-state index < -0.39 is 0 Å². The first-order valence-corrected chi connectivity index (χ1v) is 4.75. The average Bonchev–Trinajstić information content (AvgIpc) is 2.19. The first-order valence-electron chi connectivity index (χ1n) is 4.34. The zero-order chi connectivity index (χ0) is 9.10. The SMILES string of the molecule is S=C1NC(c2ccccc2)CCO1. The third-order valence-electron chi connectivity index (χ3n) is 2.13. The lowest BCUT2D eigenvalue weighted by Gasteiger charge is -2.25. The Bertz CT molecular complexity index is 299. The van der Waals surface area contributed by atoms with E-state index in [2.05, 4.69) is 17.4 Å². The van der Waals surface area contributed by atoms with Crippen molar-refractivity contribution in [1.29, 1.82) is 0 Å². The van der Waals surface area contributed by atoms with Crippen molar-refractivity contribution < 1.29 is 4.74 Å². The van der Waals surface area contributed by atoms with Crippen LogP contribution in [0.1, 0.15) is 18.0 Å². The highest BCUT2D eigenvalue weighted by Crippen LogP contribution is 2.19. The monoisotopic (exact) mass is 193 g/mol. The Balaban J connectivity index is 2.13. The van der Waals surface area contributed by atoms with Gasteiger partial charge in [0.2, 0.25) is 0 Å². The molecule has 3 heteroatoms. The summed E-state index contributed by atoms with van der Waals surface area (Å²) in [4.78, 5) is 0. The standard InChI is InChI=1S/C10H11NOS/c13-10-11-9(6-7-12-10)8-4-2-1-3-5-8/h1-5,9H,6-7H2,(H,11,13). The first kappa shape index (κ1) is 8.51. The van der Waals surface area contributed by atoms with E-state index in [0.29, 0.717) is 17.8 Å². The van der Waals surface area contributed by atoms with Gasteiger partial charge >= 0.3 is 0 Å². The second-order valence-electron chi connectivity index (χ2n) is 3.03. The lowest BCUT2D eigenvalue weighted by atomic mass is 10.0. The molecule has 1 atom stereocenters. The first-order chi connectivity index (χ1) is 6.36. The molecule has 0 amide bonds. The van der Waals surface area contributed by atoms with Gasteiger partial charge in [0.15, 0.2) is 0 Å². The fourth-order valence-electron chi connectivity index (χ4n) is 1.46. The highest BCUT2D eigenvalue weighted by molar-refractivity contribution is 7.80. The molecule has 0 aromatic heterocycles. The number of hydrogen-bond donors (Lipinski definition) is 1. The van der Waals surface area contributed by atoms with Gasteiger partial charge < -0.3 is 10.1 Å². The third-order valence-corrected chi connectivity index (χ3v) is 2.37. The van der Waals surface area contributed by atoms with Crippen molar-refractivity contribution in [1.82, 2.24) is 5.32 Å². The van der Waals surface area contributed by atoms with Gasteiger partial charge in [-0.15, -0.1) is 0 Å². The van der Waals surface area contributed by atoms with Crippen LogP contribution < -0.4 is 5.32 Å². The number of nitrogens with one attached hydrogen (secondary N) is 1. The predicted molar refractivity (Wildman–Crippen MR) is 55.5 cm³/mol. The molecule has 1 fully saturated rings. The molecule has 0 bridgehead atoms. The van der Waals surface area contributed by atoms with E-state index in [1.54, 1.807) is 0 Å². The zero-order valence-corrected chi connectivity index (χ0v) is 8.01. The molecule has 1 saturated heterocycles. The zero-order valence-electron chi connectivity index (χ0n) is 7.19. The summed E-state index contributed by atoms with van der Waals surface area (Å²) in [6, 6.07) is 10.6. The van der Waals surface area contributed by atoms with Gasteiger partial charge in [0.05, 0.1) is 12.6 Å². The summed E-state index contributed by atoms with van der Waals surface area (Å²) in [6.07, 6.45) is 0.976.